The van der Waals surface area contributed by atoms with Gasteiger partial charge in [-0.2, -0.15) is 0 Å². The number of benzene rings is 3. The van der Waals surface area contributed by atoms with Crippen LogP contribution in [0.5, 0.6) is 11.5 Å². The zero-order valence-corrected chi connectivity index (χ0v) is 18.7. The molecular weight excluding hydrogens is 469 g/mol. The van der Waals surface area contributed by atoms with Gasteiger partial charge in [-0.15, -0.1) is 0 Å². The minimum Gasteiger partial charge on any atom is -0.487 e. The number of carbonyl (C=O) groups excluding carboxylic acids is 2. The van der Waals surface area contributed by atoms with Crippen LogP contribution in [0.4, 0.5) is 0 Å². The van der Waals surface area contributed by atoms with Crippen LogP contribution < -0.4 is 20.9 Å². The van der Waals surface area contributed by atoms with E-state index in [9.17, 15) is 9.59 Å². The highest BCUT2D eigenvalue weighted by molar-refractivity contribution is 6.35. The second kappa shape index (κ2) is 11.2. The Morgan fingerprint density at radius 3 is 2.15 bits per heavy atom. The van der Waals surface area contributed by atoms with Crippen molar-refractivity contribution in [3.05, 3.63) is 93.5 Å². The molecule has 0 aromatic heterocycles. The molecular formula is C23H19Cl2N3O5. The maximum absolute atomic E-state index is 12.2. The summed E-state index contributed by atoms with van der Waals surface area (Å²) in [7, 11) is 0. The van der Waals surface area contributed by atoms with E-state index in [1.807, 2.05) is 0 Å². The molecule has 33 heavy (non-hydrogen) atoms. The summed E-state index contributed by atoms with van der Waals surface area (Å²) < 4.78 is 10.8. The Bertz CT molecular complexity index is 1170. The number of amides is 1. The zero-order valence-electron chi connectivity index (χ0n) is 17.2. The fourth-order valence-corrected chi connectivity index (χ4v) is 3.03. The van der Waals surface area contributed by atoms with Gasteiger partial charge in [-0.25, -0.2) is 4.79 Å². The van der Waals surface area contributed by atoms with Crippen molar-refractivity contribution in [2.75, 3.05) is 6.61 Å². The SMILES string of the molecule is NC(=O)COc1ccc(/C(N)=N/OC(=O)c2ccc(COc3ccc(Cl)cc3Cl)cc2)cc1. The van der Waals surface area contributed by atoms with Crippen molar-refractivity contribution >= 4 is 40.9 Å². The minimum absolute atomic E-state index is 0.00494. The Balaban J connectivity index is 1.54. The molecule has 3 rings (SSSR count). The van der Waals surface area contributed by atoms with Crippen molar-refractivity contribution in [2.24, 2.45) is 16.6 Å². The van der Waals surface area contributed by atoms with Crippen molar-refractivity contribution in [2.45, 2.75) is 6.61 Å². The molecule has 1 amide bonds. The average molecular weight is 488 g/mol. The third kappa shape index (κ3) is 7.13. The van der Waals surface area contributed by atoms with Crippen LogP contribution in [-0.2, 0) is 16.2 Å². The Morgan fingerprint density at radius 2 is 1.52 bits per heavy atom. The van der Waals surface area contributed by atoms with E-state index in [4.69, 9.17) is 49.0 Å². The molecule has 3 aromatic rings. The van der Waals surface area contributed by atoms with E-state index >= 15 is 0 Å². The molecule has 0 atom stereocenters. The molecule has 0 bridgehead atoms. The molecule has 0 aliphatic heterocycles. The van der Waals surface area contributed by atoms with Crippen LogP contribution in [0.3, 0.4) is 0 Å². The smallest absolute Gasteiger partial charge is 0.365 e. The number of amidine groups is 1. The number of oxime groups is 1. The maximum atomic E-state index is 12.2. The summed E-state index contributed by atoms with van der Waals surface area (Å²) in [6.07, 6.45) is 0. The Labute approximate surface area is 199 Å². The number of nitrogens with zero attached hydrogens (tertiary/aromatic N) is 1. The standard InChI is InChI=1S/C23H19Cl2N3O5/c24-17-7-10-20(19(25)11-17)32-12-14-1-3-16(4-2-14)23(30)33-28-22(27)15-5-8-18(9-6-15)31-13-21(26)29/h1-11H,12-13H2,(H2,26,29)(H2,27,28). The first-order valence-corrected chi connectivity index (χ1v) is 10.3. The molecule has 4 N–H and O–H groups in total. The van der Waals surface area contributed by atoms with Crippen molar-refractivity contribution in [1.29, 1.82) is 0 Å². The van der Waals surface area contributed by atoms with Crippen molar-refractivity contribution in [3.8, 4) is 11.5 Å². The second-order valence-electron chi connectivity index (χ2n) is 6.69. The van der Waals surface area contributed by atoms with Crippen LogP contribution in [0.15, 0.2) is 71.9 Å². The molecule has 0 heterocycles. The lowest BCUT2D eigenvalue weighted by Crippen LogP contribution is -2.20. The molecule has 0 unspecified atom stereocenters. The van der Waals surface area contributed by atoms with E-state index in [1.165, 1.54) is 0 Å². The first kappa shape index (κ1) is 23.9. The molecule has 8 nitrogen and oxygen atoms in total. The van der Waals surface area contributed by atoms with Gasteiger partial charge in [-0.05, 0) is 60.2 Å². The first-order valence-electron chi connectivity index (χ1n) is 9.55. The van der Waals surface area contributed by atoms with Gasteiger partial charge < -0.3 is 25.8 Å². The Morgan fingerprint density at radius 1 is 0.848 bits per heavy atom. The van der Waals surface area contributed by atoms with E-state index in [-0.39, 0.29) is 24.6 Å². The zero-order chi connectivity index (χ0) is 23.8. The van der Waals surface area contributed by atoms with Crippen LogP contribution >= 0.6 is 23.2 Å². The third-order valence-corrected chi connectivity index (χ3v) is 4.77. The van der Waals surface area contributed by atoms with E-state index < -0.39 is 11.9 Å². The lowest BCUT2D eigenvalue weighted by atomic mass is 10.1. The van der Waals surface area contributed by atoms with Gasteiger partial charge in [-0.3, -0.25) is 4.79 Å². The predicted octanol–water partition coefficient (Wildman–Crippen LogP) is 3.91. The van der Waals surface area contributed by atoms with Gasteiger partial charge in [0.15, 0.2) is 12.4 Å². The number of halogens is 2. The Kier molecular flexibility index (Phi) is 8.12. The number of rotatable bonds is 9. The highest BCUT2D eigenvalue weighted by Gasteiger charge is 2.09. The largest absolute Gasteiger partial charge is 0.487 e. The number of hydrogen-bond acceptors (Lipinski definition) is 6. The van der Waals surface area contributed by atoms with Gasteiger partial charge in [0.2, 0.25) is 0 Å². The lowest BCUT2D eigenvalue weighted by Gasteiger charge is -2.08. The summed E-state index contributed by atoms with van der Waals surface area (Å²) in [6.45, 7) is 0.0151. The predicted molar refractivity (Wildman–Crippen MR) is 125 cm³/mol. The summed E-state index contributed by atoms with van der Waals surface area (Å²) in [6, 6.07) is 17.9. The topological polar surface area (TPSA) is 126 Å². The Hall–Kier alpha value is -3.75. The van der Waals surface area contributed by atoms with E-state index in [2.05, 4.69) is 5.16 Å². The molecule has 0 radical (unpaired) electrons. The summed E-state index contributed by atoms with van der Waals surface area (Å²) in [5.74, 6) is -0.326. The summed E-state index contributed by atoms with van der Waals surface area (Å²) >= 11 is 12.0. The summed E-state index contributed by atoms with van der Waals surface area (Å²) in [4.78, 5) is 27.9. The van der Waals surface area contributed by atoms with Crippen molar-refractivity contribution in [1.82, 2.24) is 0 Å². The highest BCUT2D eigenvalue weighted by atomic mass is 35.5. The highest BCUT2D eigenvalue weighted by Crippen LogP contribution is 2.28. The molecule has 170 valence electrons. The first-order chi connectivity index (χ1) is 15.8. The summed E-state index contributed by atoms with van der Waals surface area (Å²) in [5, 5.41) is 4.60. The van der Waals surface area contributed by atoms with Gasteiger partial charge in [0.25, 0.3) is 5.91 Å². The molecule has 0 fully saturated rings. The minimum atomic E-state index is -0.674. The normalized spacial score (nSPS) is 11.0. The number of nitrogens with two attached hydrogens (primary N) is 2. The second-order valence-corrected chi connectivity index (χ2v) is 7.54. The van der Waals surface area contributed by atoms with Gasteiger partial charge >= 0.3 is 5.97 Å². The number of carbonyl (C=O) groups is 2. The van der Waals surface area contributed by atoms with Crippen LogP contribution in [0, 0.1) is 0 Å². The average Bonchev–Trinajstić information content (AvgIpc) is 2.81. The van der Waals surface area contributed by atoms with Gasteiger partial charge in [-0.1, -0.05) is 40.5 Å². The molecule has 3 aromatic carbocycles. The fourth-order valence-electron chi connectivity index (χ4n) is 2.56. The fraction of sp³-hybridized carbons (Fsp3) is 0.0870. The number of ether oxygens (including phenoxy) is 2. The quantitative estimate of drug-likeness (QED) is 0.204. The van der Waals surface area contributed by atoms with Gasteiger partial charge in [0.1, 0.15) is 18.1 Å². The molecule has 0 spiro atoms. The number of primary amides is 1. The van der Waals surface area contributed by atoms with E-state index in [0.29, 0.717) is 27.1 Å². The van der Waals surface area contributed by atoms with Crippen LogP contribution in [-0.4, -0.2) is 24.3 Å². The lowest BCUT2D eigenvalue weighted by molar-refractivity contribution is -0.119. The van der Waals surface area contributed by atoms with Gasteiger partial charge in [0, 0.05) is 10.6 Å². The van der Waals surface area contributed by atoms with Crippen molar-refractivity contribution < 1.29 is 23.9 Å². The van der Waals surface area contributed by atoms with Crippen LogP contribution in [0.2, 0.25) is 10.0 Å². The van der Waals surface area contributed by atoms with E-state index in [1.54, 1.807) is 66.7 Å². The number of hydrogen-bond donors (Lipinski definition) is 2. The van der Waals surface area contributed by atoms with Crippen molar-refractivity contribution in [3.63, 3.8) is 0 Å². The summed E-state index contributed by atoms with van der Waals surface area (Å²) in [5.41, 5.74) is 12.5. The van der Waals surface area contributed by atoms with Gasteiger partial charge in [0.05, 0.1) is 10.6 Å². The third-order valence-electron chi connectivity index (χ3n) is 4.24. The maximum Gasteiger partial charge on any atom is 0.365 e. The van der Waals surface area contributed by atoms with Crippen LogP contribution in [0.1, 0.15) is 21.5 Å². The molecule has 0 saturated carbocycles. The molecule has 0 aliphatic rings. The monoisotopic (exact) mass is 487 g/mol. The molecule has 10 heteroatoms. The molecule has 0 aliphatic carbocycles. The van der Waals surface area contributed by atoms with E-state index in [0.717, 1.165) is 5.56 Å². The molecule has 0 saturated heterocycles. The van der Waals surface area contributed by atoms with Crippen LogP contribution in [0.25, 0.3) is 0 Å².